The molecule has 2 aliphatic rings. The second-order valence-electron chi connectivity index (χ2n) is 6.48. The van der Waals surface area contributed by atoms with Crippen LogP contribution in [0.1, 0.15) is 44.9 Å². The van der Waals surface area contributed by atoms with Crippen molar-refractivity contribution in [2.24, 2.45) is 5.73 Å². The summed E-state index contributed by atoms with van der Waals surface area (Å²) in [6.45, 7) is 0.973. The van der Waals surface area contributed by atoms with Crippen molar-refractivity contribution < 1.29 is 19.1 Å². The Morgan fingerprint density at radius 3 is 3.00 bits per heavy atom. The average molecular weight is 372 g/mol. The van der Waals surface area contributed by atoms with Crippen LogP contribution in [0.4, 0.5) is 4.79 Å². The zero-order chi connectivity index (χ0) is 18.1. The molecule has 0 aromatic carbocycles. The Bertz CT molecular complexity index is 465. The van der Waals surface area contributed by atoms with E-state index in [0.29, 0.717) is 31.1 Å². The minimum Gasteiger partial charge on any atom is -0.449 e. The molecule has 2 saturated heterocycles. The van der Waals surface area contributed by atoms with E-state index < -0.39 is 6.23 Å². The summed E-state index contributed by atoms with van der Waals surface area (Å²) in [4.78, 5) is 33.2. The maximum atomic E-state index is 11.8. The minimum absolute atomic E-state index is 0.0571. The standard InChI is InChI=1S/C16H28N4O4S/c17-13(24-10-21)6-3-4-8-18-14(22)7-2-1-5-12-15-11(9-25-12)19-16(23)20-15/h10-13,15H,1-9,17H2,(H,18,22)(H2,19,20,23)/t11-,12?,13?,15-/m0/s1. The molecule has 4 atom stereocenters. The molecular weight excluding hydrogens is 344 g/mol. The van der Waals surface area contributed by atoms with Crippen LogP contribution in [0, 0.1) is 0 Å². The van der Waals surface area contributed by atoms with Crippen molar-refractivity contribution >= 4 is 30.2 Å². The summed E-state index contributed by atoms with van der Waals surface area (Å²) in [5.41, 5.74) is 5.53. The molecule has 2 fully saturated rings. The Morgan fingerprint density at radius 1 is 1.36 bits per heavy atom. The number of hydrogen-bond donors (Lipinski definition) is 4. The van der Waals surface area contributed by atoms with E-state index in [1.807, 2.05) is 11.8 Å². The SMILES string of the molecule is NC(CCCCNC(=O)CCCCC1SC[C@@H]2NC(=O)N[C@H]12)OC=O. The van der Waals surface area contributed by atoms with Gasteiger partial charge in [0.25, 0.3) is 6.47 Å². The predicted octanol–water partition coefficient (Wildman–Crippen LogP) is 0.457. The van der Waals surface area contributed by atoms with Crippen LogP contribution in [0.2, 0.25) is 0 Å². The quantitative estimate of drug-likeness (QED) is 0.171. The van der Waals surface area contributed by atoms with Crippen LogP contribution < -0.4 is 21.7 Å². The number of rotatable bonds is 12. The largest absolute Gasteiger partial charge is 0.449 e. The highest BCUT2D eigenvalue weighted by atomic mass is 32.2. The Hall–Kier alpha value is -1.48. The highest BCUT2D eigenvalue weighted by molar-refractivity contribution is 8.00. The molecule has 0 aromatic rings. The van der Waals surface area contributed by atoms with Crippen molar-refractivity contribution in [2.45, 2.75) is 68.5 Å². The monoisotopic (exact) mass is 372 g/mol. The molecule has 2 rings (SSSR count). The third-order valence-electron chi connectivity index (χ3n) is 4.55. The molecule has 142 valence electrons. The molecule has 0 aliphatic carbocycles. The number of hydrogen-bond acceptors (Lipinski definition) is 6. The number of fused-ring (bicyclic) bond motifs is 1. The lowest BCUT2D eigenvalue weighted by Gasteiger charge is -2.16. The van der Waals surface area contributed by atoms with Crippen molar-refractivity contribution in [3.8, 4) is 0 Å². The molecule has 2 aliphatic heterocycles. The van der Waals surface area contributed by atoms with Crippen molar-refractivity contribution in [2.75, 3.05) is 12.3 Å². The van der Waals surface area contributed by atoms with Crippen molar-refractivity contribution in [3.05, 3.63) is 0 Å². The van der Waals surface area contributed by atoms with E-state index in [2.05, 4.69) is 20.7 Å². The molecule has 2 heterocycles. The van der Waals surface area contributed by atoms with Crippen LogP contribution in [-0.2, 0) is 14.3 Å². The van der Waals surface area contributed by atoms with E-state index in [9.17, 15) is 14.4 Å². The molecule has 2 unspecified atom stereocenters. The fourth-order valence-electron chi connectivity index (χ4n) is 3.20. The average Bonchev–Trinajstić information content (AvgIpc) is 3.11. The summed E-state index contributed by atoms with van der Waals surface area (Å²) >= 11 is 1.90. The first-order valence-electron chi connectivity index (χ1n) is 8.90. The third-order valence-corrected chi connectivity index (χ3v) is 6.06. The molecule has 8 nitrogen and oxygen atoms in total. The molecule has 5 N–H and O–H groups in total. The van der Waals surface area contributed by atoms with Gasteiger partial charge in [0.2, 0.25) is 5.91 Å². The van der Waals surface area contributed by atoms with Gasteiger partial charge in [-0.1, -0.05) is 6.42 Å². The van der Waals surface area contributed by atoms with Crippen LogP contribution >= 0.6 is 11.8 Å². The van der Waals surface area contributed by atoms with Crippen LogP contribution in [0.15, 0.2) is 0 Å². The molecule has 0 spiro atoms. The van der Waals surface area contributed by atoms with Crippen LogP contribution in [-0.4, -0.2) is 54.3 Å². The smallest absolute Gasteiger partial charge is 0.315 e. The highest BCUT2D eigenvalue weighted by Crippen LogP contribution is 2.33. The second kappa shape index (κ2) is 10.5. The van der Waals surface area contributed by atoms with E-state index in [1.54, 1.807) is 0 Å². The second-order valence-corrected chi connectivity index (χ2v) is 7.76. The Labute approximate surface area is 152 Å². The summed E-state index contributed by atoms with van der Waals surface area (Å²) in [5.74, 6) is 1.04. The number of unbranched alkanes of at least 4 members (excludes halogenated alkanes) is 2. The van der Waals surface area contributed by atoms with Crippen LogP contribution in [0.25, 0.3) is 0 Å². The maximum Gasteiger partial charge on any atom is 0.315 e. The molecule has 0 saturated carbocycles. The Morgan fingerprint density at radius 2 is 2.20 bits per heavy atom. The molecule has 0 bridgehead atoms. The summed E-state index contributed by atoms with van der Waals surface area (Å²) in [7, 11) is 0. The molecular formula is C16H28N4O4S. The fraction of sp³-hybridized carbons (Fsp3) is 0.812. The molecule has 0 radical (unpaired) electrons. The lowest BCUT2D eigenvalue weighted by molar-refractivity contribution is -0.133. The lowest BCUT2D eigenvalue weighted by atomic mass is 10.0. The van der Waals surface area contributed by atoms with Gasteiger partial charge < -0.3 is 20.7 Å². The van der Waals surface area contributed by atoms with Gasteiger partial charge in [0, 0.05) is 24.0 Å². The maximum absolute atomic E-state index is 11.8. The third kappa shape index (κ3) is 6.74. The number of thioether (sulfide) groups is 1. The highest BCUT2D eigenvalue weighted by Gasteiger charge is 2.42. The number of nitrogens with two attached hydrogens (primary N) is 1. The van der Waals surface area contributed by atoms with Gasteiger partial charge in [0.1, 0.15) is 0 Å². The topological polar surface area (TPSA) is 123 Å². The molecule has 3 amide bonds. The van der Waals surface area contributed by atoms with E-state index in [0.717, 1.165) is 37.9 Å². The number of nitrogens with one attached hydrogen (secondary N) is 3. The summed E-state index contributed by atoms with van der Waals surface area (Å²) in [5, 5.41) is 9.26. The van der Waals surface area contributed by atoms with Gasteiger partial charge in [-0.25, -0.2) is 4.79 Å². The van der Waals surface area contributed by atoms with E-state index in [-0.39, 0.29) is 24.0 Å². The number of carbonyl (C=O) groups is 3. The first-order valence-corrected chi connectivity index (χ1v) is 9.95. The van der Waals surface area contributed by atoms with Crippen LogP contribution in [0.3, 0.4) is 0 Å². The zero-order valence-corrected chi connectivity index (χ0v) is 15.2. The molecule has 25 heavy (non-hydrogen) atoms. The van der Waals surface area contributed by atoms with Gasteiger partial charge in [0.15, 0.2) is 6.23 Å². The minimum atomic E-state index is -0.555. The Balaban J connectivity index is 1.45. The number of ether oxygens (including phenoxy) is 1. The van der Waals surface area contributed by atoms with Gasteiger partial charge in [-0.15, -0.1) is 0 Å². The van der Waals surface area contributed by atoms with Crippen LogP contribution in [0.5, 0.6) is 0 Å². The van der Waals surface area contributed by atoms with E-state index in [4.69, 9.17) is 5.73 Å². The predicted molar refractivity (Wildman–Crippen MR) is 95.9 cm³/mol. The van der Waals surface area contributed by atoms with Gasteiger partial charge >= 0.3 is 6.03 Å². The van der Waals surface area contributed by atoms with E-state index in [1.165, 1.54) is 0 Å². The molecule has 9 heteroatoms. The number of amides is 3. The number of carbonyl (C=O) groups excluding carboxylic acids is 3. The first-order chi connectivity index (χ1) is 12.1. The normalized spacial score (nSPS) is 25.6. The van der Waals surface area contributed by atoms with Gasteiger partial charge in [-0.2, -0.15) is 11.8 Å². The lowest BCUT2D eigenvalue weighted by Crippen LogP contribution is -2.36. The van der Waals surface area contributed by atoms with Crippen molar-refractivity contribution in [1.29, 1.82) is 0 Å². The summed E-state index contributed by atoms with van der Waals surface area (Å²) in [6.07, 6.45) is 5.07. The summed E-state index contributed by atoms with van der Waals surface area (Å²) in [6, 6.07) is 0.440. The Kier molecular flexibility index (Phi) is 8.33. The zero-order valence-electron chi connectivity index (χ0n) is 14.4. The van der Waals surface area contributed by atoms with Gasteiger partial charge in [-0.05, 0) is 32.1 Å². The first kappa shape index (κ1) is 19.8. The fourth-order valence-corrected chi connectivity index (χ4v) is 4.74. The van der Waals surface area contributed by atoms with E-state index >= 15 is 0 Å². The summed E-state index contributed by atoms with van der Waals surface area (Å²) < 4.78 is 4.59. The van der Waals surface area contributed by atoms with Crippen molar-refractivity contribution in [1.82, 2.24) is 16.0 Å². The van der Waals surface area contributed by atoms with Gasteiger partial charge in [-0.3, -0.25) is 15.3 Å². The van der Waals surface area contributed by atoms with Gasteiger partial charge in [0.05, 0.1) is 12.1 Å². The van der Waals surface area contributed by atoms with Crippen molar-refractivity contribution in [3.63, 3.8) is 0 Å². The molecule has 0 aromatic heterocycles. The number of urea groups is 1.